The van der Waals surface area contributed by atoms with Crippen molar-refractivity contribution in [2.45, 2.75) is 18.8 Å². The quantitative estimate of drug-likeness (QED) is 0.501. The number of esters is 1. The molecule has 1 aliphatic rings. The molecule has 8 nitrogen and oxygen atoms in total. The molecule has 30 heavy (non-hydrogen) atoms. The molecule has 1 unspecified atom stereocenters. The van der Waals surface area contributed by atoms with Gasteiger partial charge in [0.1, 0.15) is 5.75 Å². The SMILES string of the molecule is COC(=O)OCCc1ccc2c(c1)C(c1cc(OC)c(OC)c(OC)c1)CC(=O)O2. The summed E-state index contributed by atoms with van der Waals surface area (Å²) in [4.78, 5) is 23.4. The zero-order valence-electron chi connectivity index (χ0n) is 17.4. The van der Waals surface area contributed by atoms with E-state index in [4.69, 9.17) is 23.7 Å². The normalized spacial score (nSPS) is 14.9. The Balaban J connectivity index is 1.96. The minimum atomic E-state index is -0.725. The third kappa shape index (κ3) is 4.42. The van der Waals surface area contributed by atoms with E-state index in [9.17, 15) is 9.59 Å². The van der Waals surface area contributed by atoms with E-state index in [0.29, 0.717) is 29.4 Å². The molecule has 2 aromatic rings. The van der Waals surface area contributed by atoms with E-state index >= 15 is 0 Å². The van der Waals surface area contributed by atoms with Crippen LogP contribution < -0.4 is 18.9 Å². The lowest BCUT2D eigenvalue weighted by Gasteiger charge is -2.26. The first kappa shape index (κ1) is 21.3. The number of fused-ring (bicyclic) bond motifs is 1. The van der Waals surface area contributed by atoms with Crippen LogP contribution in [0.1, 0.15) is 29.0 Å². The van der Waals surface area contributed by atoms with E-state index in [1.54, 1.807) is 20.3 Å². The summed E-state index contributed by atoms with van der Waals surface area (Å²) in [6.45, 7) is 0.181. The molecule has 2 aromatic carbocycles. The first-order valence-electron chi connectivity index (χ1n) is 9.34. The van der Waals surface area contributed by atoms with Crippen molar-refractivity contribution in [3.63, 3.8) is 0 Å². The van der Waals surface area contributed by atoms with Crippen molar-refractivity contribution in [1.29, 1.82) is 0 Å². The molecule has 3 rings (SSSR count). The lowest BCUT2D eigenvalue weighted by atomic mass is 9.85. The number of ether oxygens (including phenoxy) is 6. The molecular weight excluding hydrogens is 392 g/mol. The number of hydrogen-bond donors (Lipinski definition) is 0. The highest BCUT2D eigenvalue weighted by molar-refractivity contribution is 5.78. The highest BCUT2D eigenvalue weighted by atomic mass is 16.7. The first-order valence-corrected chi connectivity index (χ1v) is 9.34. The van der Waals surface area contributed by atoms with Crippen molar-refractivity contribution in [3.05, 3.63) is 47.0 Å². The van der Waals surface area contributed by atoms with Gasteiger partial charge in [-0.15, -0.1) is 0 Å². The Hall–Kier alpha value is -3.42. The van der Waals surface area contributed by atoms with Gasteiger partial charge in [-0.05, 0) is 29.3 Å². The topological polar surface area (TPSA) is 89.5 Å². The van der Waals surface area contributed by atoms with E-state index in [2.05, 4.69) is 4.74 Å². The van der Waals surface area contributed by atoms with E-state index in [0.717, 1.165) is 16.7 Å². The number of benzene rings is 2. The van der Waals surface area contributed by atoms with Crippen LogP contribution in [-0.4, -0.2) is 47.2 Å². The molecule has 160 valence electrons. The molecule has 0 bridgehead atoms. The average Bonchev–Trinajstić information content (AvgIpc) is 2.77. The zero-order chi connectivity index (χ0) is 21.7. The summed E-state index contributed by atoms with van der Waals surface area (Å²) in [6, 6.07) is 9.22. The molecule has 0 N–H and O–H groups in total. The second-order valence-electron chi connectivity index (χ2n) is 6.61. The van der Waals surface area contributed by atoms with Crippen LogP contribution in [0.4, 0.5) is 4.79 Å². The van der Waals surface area contributed by atoms with Crippen LogP contribution in [-0.2, 0) is 20.7 Å². The molecule has 0 amide bonds. The van der Waals surface area contributed by atoms with E-state index in [-0.39, 0.29) is 24.9 Å². The van der Waals surface area contributed by atoms with Gasteiger partial charge in [0.15, 0.2) is 11.5 Å². The predicted molar refractivity (Wildman–Crippen MR) is 107 cm³/mol. The first-order chi connectivity index (χ1) is 14.5. The lowest BCUT2D eigenvalue weighted by molar-refractivity contribution is -0.135. The Morgan fingerprint density at radius 1 is 1.03 bits per heavy atom. The molecule has 1 aliphatic heterocycles. The maximum absolute atomic E-state index is 12.2. The Labute approximate surface area is 174 Å². The molecule has 8 heteroatoms. The average molecular weight is 416 g/mol. The Morgan fingerprint density at radius 2 is 1.73 bits per heavy atom. The van der Waals surface area contributed by atoms with E-state index in [1.807, 2.05) is 24.3 Å². The molecule has 1 atom stereocenters. The molecule has 0 aliphatic carbocycles. The van der Waals surface area contributed by atoms with Crippen LogP contribution in [0.5, 0.6) is 23.0 Å². The van der Waals surface area contributed by atoms with Gasteiger partial charge in [-0.25, -0.2) is 4.79 Å². The maximum Gasteiger partial charge on any atom is 0.507 e. The lowest BCUT2D eigenvalue weighted by Crippen LogP contribution is -2.21. The molecule has 0 radical (unpaired) electrons. The number of carbonyl (C=O) groups is 2. The second-order valence-corrected chi connectivity index (χ2v) is 6.61. The van der Waals surface area contributed by atoms with Crippen LogP contribution in [0.15, 0.2) is 30.3 Å². The van der Waals surface area contributed by atoms with Crippen LogP contribution in [0.2, 0.25) is 0 Å². The van der Waals surface area contributed by atoms with Crippen LogP contribution >= 0.6 is 0 Å². The van der Waals surface area contributed by atoms with Gasteiger partial charge >= 0.3 is 12.1 Å². The number of rotatable bonds is 7. The Kier molecular flexibility index (Phi) is 6.66. The molecule has 0 spiro atoms. The third-order valence-corrected chi connectivity index (χ3v) is 4.91. The van der Waals surface area contributed by atoms with Crippen molar-refractivity contribution in [1.82, 2.24) is 0 Å². The van der Waals surface area contributed by atoms with Gasteiger partial charge in [0.05, 0.1) is 41.5 Å². The van der Waals surface area contributed by atoms with Gasteiger partial charge < -0.3 is 28.4 Å². The monoisotopic (exact) mass is 416 g/mol. The number of carbonyl (C=O) groups excluding carboxylic acids is 2. The molecule has 0 fully saturated rings. The minimum Gasteiger partial charge on any atom is -0.493 e. The summed E-state index contributed by atoms with van der Waals surface area (Å²) in [7, 11) is 5.89. The fourth-order valence-corrected chi connectivity index (χ4v) is 3.47. The van der Waals surface area contributed by atoms with Crippen LogP contribution in [0, 0.1) is 0 Å². The van der Waals surface area contributed by atoms with E-state index in [1.165, 1.54) is 14.2 Å². The van der Waals surface area contributed by atoms with Crippen molar-refractivity contribution < 1.29 is 38.0 Å². The Bertz CT molecular complexity index is 912. The van der Waals surface area contributed by atoms with Gasteiger partial charge in [0, 0.05) is 17.9 Å². The summed E-state index contributed by atoms with van der Waals surface area (Å²) in [5.41, 5.74) is 2.64. The third-order valence-electron chi connectivity index (χ3n) is 4.91. The summed E-state index contributed by atoms with van der Waals surface area (Å²) in [6.07, 6.45) is -0.0522. The maximum atomic E-state index is 12.2. The standard InChI is InChI=1S/C22H24O8/c1-25-18-10-14(11-19(26-2)21(18)27-3)15-12-20(23)30-17-6-5-13(9-16(15)17)7-8-29-22(24)28-4/h5-6,9-11,15H,7-8,12H2,1-4H3. The van der Waals surface area contributed by atoms with E-state index < -0.39 is 6.16 Å². The fraction of sp³-hybridized carbons (Fsp3) is 0.364. The van der Waals surface area contributed by atoms with Crippen molar-refractivity contribution in [2.24, 2.45) is 0 Å². The van der Waals surface area contributed by atoms with Crippen molar-refractivity contribution >= 4 is 12.1 Å². The fourth-order valence-electron chi connectivity index (χ4n) is 3.47. The van der Waals surface area contributed by atoms with Gasteiger partial charge in [-0.1, -0.05) is 12.1 Å². The minimum absolute atomic E-state index is 0.174. The smallest absolute Gasteiger partial charge is 0.493 e. The van der Waals surface area contributed by atoms with Gasteiger partial charge in [0.2, 0.25) is 5.75 Å². The summed E-state index contributed by atoms with van der Waals surface area (Å²) in [5, 5.41) is 0. The molecule has 0 saturated heterocycles. The van der Waals surface area contributed by atoms with Crippen molar-refractivity contribution in [2.75, 3.05) is 35.0 Å². The molecule has 0 aromatic heterocycles. The number of methoxy groups -OCH3 is 4. The number of hydrogen-bond acceptors (Lipinski definition) is 8. The van der Waals surface area contributed by atoms with Crippen LogP contribution in [0.25, 0.3) is 0 Å². The van der Waals surface area contributed by atoms with Gasteiger partial charge in [0.25, 0.3) is 0 Å². The highest BCUT2D eigenvalue weighted by Crippen LogP contribution is 2.45. The van der Waals surface area contributed by atoms with Gasteiger partial charge in [-0.2, -0.15) is 0 Å². The van der Waals surface area contributed by atoms with Crippen LogP contribution in [0.3, 0.4) is 0 Å². The summed E-state index contributed by atoms with van der Waals surface area (Å²) < 4.78 is 31.2. The van der Waals surface area contributed by atoms with Gasteiger partial charge in [-0.3, -0.25) is 4.79 Å². The highest BCUT2D eigenvalue weighted by Gasteiger charge is 2.30. The Morgan fingerprint density at radius 3 is 2.33 bits per heavy atom. The molecule has 0 saturated carbocycles. The summed E-state index contributed by atoms with van der Waals surface area (Å²) >= 11 is 0. The summed E-state index contributed by atoms with van der Waals surface area (Å²) in [5.74, 6) is 1.43. The molecule has 1 heterocycles. The van der Waals surface area contributed by atoms with Crippen molar-refractivity contribution in [3.8, 4) is 23.0 Å². The predicted octanol–water partition coefficient (Wildman–Crippen LogP) is 3.48. The zero-order valence-corrected chi connectivity index (χ0v) is 17.4. The largest absolute Gasteiger partial charge is 0.507 e. The molecular formula is C22H24O8. The second kappa shape index (κ2) is 9.39.